The van der Waals surface area contributed by atoms with Gasteiger partial charge >= 0.3 is 17.9 Å². The van der Waals surface area contributed by atoms with E-state index in [9.17, 15) is 14.4 Å². The molecule has 0 fully saturated rings. The topological polar surface area (TPSA) is 78.9 Å². The van der Waals surface area contributed by atoms with E-state index in [0.29, 0.717) is 25.7 Å². The molecule has 0 radical (unpaired) electrons. The highest BCUT2D eigenvalue weighted by Crippen LogP contribution is 2.13. The quantitative estimate of drug-likeness (QED) is 0.0200. The number of rotatable bonds is 42. The minimum absolute atomic E-state index is 0.108. The zero-order chi connectivity index (χ0) is 44.4. The maximum Gasteiger partial charge on any atom is 0.306 e. The van der Waals surface area contributed by atoms with Crippen LogP contribution in [0.5, 0.6) is 0 Å². The molecule has 0 saturated heterocycles. The second kappa shape index (κ2) is 48.7. The summed E-state index contributed by atoms with van der Waals surface area (Å²) in [5, 5.41) is 0. The van der Waals surface area contributed by atoms with Crippen molar-refractivity contribution in [2.75, 3.05) is 13.2 Å². The molecular weight excluding hydrogens is 757 g/mol. The van der Waals surface area contributed by atoms with E-state index in [2.05, 4.69) is 93.7 Å². The Bertz CT molecular complexity index is 1290. The third kappa shape index (κ3) is 47.0. The highest BCUT2D eigenvalue weighted by molar-refractivity contribution is 5.71. The predicted octanol–water partition coefficient (Wildman–Crippen LogP) is 16.0. The molecule has 1 unspecified atom stereocenters. The molecule has 0 bridgehead atoms. The van der Waals surface area contributed by atoms with Crippen LogP contribution < -0.4 is 0 Å². The van der Waals surface area contributed by atoms with Gasteiger partial charge in [0.15, 0.2) is 6.10 Å². The van der Waals surface area contributed by atoms with Crippen LogP contribution in [0.25, 0.3) is 0 Å². The van der Waals surface area contributed by atoms with Crippen LogP contribution in [0.3, 0.4) is 0 Å². The Hall–Kier alpha value is -3.93. The van der Waals surface area contributed by atoms with Gasteiger partial charge in [-0.3, -0.25) is 14.4 Å². The lowest BCUT2D eigenvalue weighted by Crippen LogP contribution is -2.30. The van der Waals surface area contributed by atoms with Gasteiger partial charge in [0.05, 0.1) is 0 Å². The minimum Gasteiger partial charge on any atom is -0.462 e. The summed E-state index contributed by atoms with van der Waals surface area (Å²) in [4.78, 5) is 37.8. The first kappa shape index (κ1) is 57.1. The number of ether oxygens (including phenoxy) is 3. The first-order valence-electron chi connectivity index (χ1n) is 24.5. The van der Waals surface area contributed by atoms with Crippen molar-refractivity contribution >= 4 is 17.9 Å². The lowest BCUT2D eigenvalue weighted by atomic mass is 10.1. The second-order valence-corrected chi connectivity index (χ2v) is 15.8. The molecule has 0 aromatic rings. The molecule has 1 atom stereocenters. The molecule has 0 amide bonds. The first-order valence-corrected chi connectivity index (χ1v) is 24.5. The van der Waals surface area contributed by atoms with E-state index in [1.54, 1.807) is 0 Å². The van der Waals surface area contributed by atoms with Crippen LogP contribution in [0.15, 0.2) is 109 Å². The van der Waals surface area contributed by atoms with Crippen LogP contribution in [0.2, 0.25) is 0 Å². The van der Waals surface area contributed by atoms with E-state index in [1.165, 1.54) is 44.9 Å². The fourth-order valence-corrected chi connectivity index (χ4v) is 6.19. The summed E-state index contributed by atoms with van der Waals surface area (Å²) in [6, 6.07) is 0. The number of carbonyl (C=O) groups is 3. The van der Waals surface area contributed by atoms with Crippen LogP contribution in [-0.2, 0) is 28.6 Å². The summed E-state index contributed by atoms with van der Waals surface area (Å²) in [7, 11) is 0. The standard InChI is InChI=1S/C55H88O6/c1-4-7-10-13-16-19-21-23-25-27-28-30-31-33-36-39-42-45-48-54(57)60-51-52(50-59-53(56)47-44-41-38-35-18-15-12-9-6-3)61-55(58)49-46-43-40-37-34-32-29-26-24-22-20-17-14-11-8-5-2/h8,10-11,13,16-17,19-21,23-28,30,35,38,52H,4-7,9,12,14-15,18,22,29,31-34,36-37,39-51H2,1-3H3/b11-8-,13-10-,19-16-,20-17-,23-21-,26-24-,27-25-,30-28-,38-35-. The molecule has 0 N–H and O–H groups in total. The Labute approximate surface area is 374 Å². The summed E-state index contributed by atoms with van der Waals surface area (Å²) in [6.45, 7) is 6.32. The monoisotopic (exact) mass is 845 g/mol. The lowest BCUT2D eigenvalue weighted by molar-refractivity contribution is -0.167. The number of esters is 3. The molecule has 0 rings (SSSR count). The Kier molecular flexibility index (Phi) is 45.6. The summed E-state index contributed by atoms with van der Waals surface area (Å²) in [5.41, 5.74) is 0. The van der Waals surface area contributed by atoms with E-state index >= 15 is 0 Å². The molecule has 61 heavy (non-hydrogen) atoms. The lowest BCUT2D eigenvalue weighted by Gasteiger charge is -2.18. The SMILES string of the molecule is CC/C=C\C/C=C\C/C=C\CCCCCCCCC(=O)OC(COC(=O)CCC/C=C\CCCCCC)COC(=O)CCCCCCC\C=C/C=C\C=C/C=C\C=C/CCC. The van der Waals surface area contributed by atoms with Gasteiger partial charge in [0.1, 0.15) is 13.2 Å². The van der Waals surface area contributed by atoms with Gasteiger partial charge in [-0.1, -0.05) is 201 Å². The van der Waals surface area contributed by atoms with E-state index < -0.39 is 6.10 Å². The minimum atomic E-state index is -0.807. The van der Waals surface area contributed by atoms with Gasteiger partial charge < -0.3 is 14.2 Å². The molecule has 0 spiro atoms. The van der Waals surface area contributed by atoms with Crippen LogP contribution >= 0.6 is 0 Å². The van der Waals surface area contributed by atoms with Crippen molar-refractivity contribution in [3.05, 3.63) is 109 Å². The number of hydrogen-bond donors (Lipinski definition) is 0. The zero-order valence-corrected chi connectivity index (χ0v) is 39.1. The third-order valence-electron chi connectivity index (χ3n) is 9.84. The molecular formula is C55H88O6. The van der Waals surface area contributed by atoms with Gasteiger partial charge in [-0.05, 0) is 89.9 Å². The summed E-state index contributed by atoms with van der Waals surface area (Å²) < 4.78 is 16.7. The van der Waals surface area contributed by atoms with E-state index in [-0.39, 0.29) is 31.1 Å². The third-order valence-corrected chi connectivity index (χ3v) is 9.84. The van der Waals surface area contributed by atoms with Crippen molar-refractivity contribution in [3.8, 4) is 0 Å². The van der Waals surface area contributed by atoms with Crippen LogP contribution in [-0.4, -0.2) is 37.2 Å². The maximum atomic E-state index is 12.8. The normalized spacial score (nSPS) is 13.0. The van der Waals surface area contributed by atoms with Gasteiger partial charge in [-0.2, -0.15) is 0 Å². The summed E-state index contributed by atoms with van der Waals surface area (Å²) >= 11 is 0. The van der Waals surface area contributed by atoms with Crippen LogP contribution in [0, 0.1) is 0 Å². The molecule has 6 nitrogen and oxygen atoms in total. The average Bonchev–Trinajstić information content (AvgIpc) is 3.26. The molecule has 0 heterocycles. The molecule has 0 aliphatic rings. The van der Waals surface area contributed by atoms with Crippen molar-refractivity contribution in [1.82, 2.24) is 0 Å². The summed E-state index contributed by atoms with van der Waals surface area (Å²) in [6.07, 6.45) is 65.0. The van der Waals surface area contributed by atoms with Crippen molar-refractivity contribution in [2.45, 2.75) is 207 Å². The Morgan fingerprint density at radius 3 is 1.30 bits per heavy atom. The van der Waals surface area contributed by atoms with E-state index in [0.717, 1.165) is 109 Å². The molecule has 0 aliphatic heterocycles. The van der Waals surface area contributed by atoms with Crippen LogP contribution in [0.1, 0.15) is 201 Å². The highest BCUT2D eigenvalue weighted by atomic mass is 16.6. The predicted molar refractivity (Wildman–Crippen MR) is 260 cm³/mol. The van der Waals surface area contributed by atoms with Crippen molar-refractivity contribution in [2.24, 2.45) is 0 Å². The Morgan fingerprint density at radius 2 is 0.754 bits per heavy atom. The smallest absolute Gasteiger partial charge is 0.306 e. The molecule has 0 aromatic heterocycles. The fourth-order valence-electron chi connectivity index (χ4n) is 6.19. The molecule has 0 saturated carbocycles. The molecule has 344 valence electrons. The van der Waals surface area contributed by atoms with Crippen LogP contribution in [0.4, 0.5) is 0 Å². The average molecular weight is 845 g/mol. The first-order chi connectivity index (χ1) is 30.0. The zero-order valence-electron chi connectivity index (χ0n) is 39.1. The van der Waals surface area contributed by atoms with Crippen molar-refractivity contribution < 1.29 is 28.6 Å². The molecule has 0 aliphatic carbocycles. The van der Waals surface area contributed by atoms with Gasteiger partial charge in [-0.15, -0.1) is 0 Å². The highest BCUT2D eigenvalue weighted by Gasteiger charge is 2.19. The number of unbranched alkanes of at least 4 members (excludes halogenated alkanes) is 17. The second-order valence-electron chi connectivity index (χ2n) is 15.8. The Morgan fingerprint density at radius 1 is 0.361 bits per heavy atom. The number of allylic oxidation sites excluding steroid dienone is 18. The van der Waals surface area contributed by atoms with E-state index in [1.807, 2.05) is 36.5 Å². The number of hydrogen-bond acceptors (Lipinski definition) is 6. The Balaban J connectivity index is 4.46. The fraction of sp³-hybridized carbons (Fsp3) is 0.618. The van der Waals surface area contributed by atoms with E-state index in [4.69, 9.17) is 14.2 Å². The van der Waals surface area contributed by atoms with Gasteiger partial charge in [0.25, 0.3) is 0 Å². The number of carbonyl (C=O) groups excluding carboxylic acids is 3. The molecule has 6 heteroatoms. The van der Waals surface area contributed by atoms with Crippen molar-refractivity contribution in [1.29, 1.82) is 0 Å². The molecule has 0 aromatic carbocycles. The van der Waals surface area contributed by atoms with Gasteiger partial charge in [-0.25, -0.2) is 0 Å². The summed E-state index contributed by atoms with van der Waals surface area (Å²) in [5.74, 6) is -0.989. The van der Waals surface area contributed by atoms with Gasteiger partial charge in [0, 0.05) is 19.3 Å². The maximum absolute atomic E-state index is 12.8. The van der Waals surface area contributed by atoms with Gasteiger partial charge in [0.2, 0.25) is 0 Å². The largest absolute Gasteiger partial charge is 0.462 e. The van der Waals surface area contributed by atoms with Crippen molar-refractivity contribution in [3.63, 3.8) is 0 Å².